The van der Waals surface area contributed by atoms with Gasteiger partial charge in [0.15, 0.2) is 5.78 Å². The summed E-state index contributed by atoms with van der Waals surface area (Å²) in [6.07, 6.45) is 12.0. The van der Waals surface area contributed by atoms with Gasteiger partial charge in [-0.05, 0) is 74.0 Å². The van der Waals surface area contributed by atoms with Gasteiger partial charge in [0.05, 0.1) is 5.69 Å². The van der Waals surface area contributed by atoms with Gasteiger partial charge in [-0.25, -0.2) is 0 Å². The van der Waals surface area contributed by atoms with Crippen LogP contribution in [0.1, 0.15) is 82.6 Å². The van der Waals surface area contributed by atoms with Crippen LogP contribution < -0.4 is 0 Å². The highest BCUT2D eigenvalue weighted by molar-refractivity contribution is 7.12. The van der Waals surface area contributed by atoms with E-state index in [0.29, 0.717) is 30.3 Å². The summed E-state index contributed by atoms with van der Waals surface area (Å²) in [5, 5.41) is 0. The Labute approximate surface area is 194 Å². The maximum absolute atomic E-state index is 13.4. The maximum atomic E-state index is 13.4. The number of hydrogen-bond acceptors (Lipinski definition) is 4. The van der Waals surface area contributed by atoms with Crippen molar-refractivity contribution in [1.82, 2.24) is 0 Å². The molecule has 1 aromatic heterocycles. The van der Waals surface area contributed by atoms with E-state index in [0.717, 1.165) is 73.4 Å². The van der Waals surface area contributed by atoms with E-state index in [1.54, 1.807) is 11.3 Å². The van der Waals surface area contributed by atoms with Crippen LogP contribution in [-0.2, 0) is 30.5 Å². The van der Waals surface area contributed by atoms with E-state index in [2.05, 4.69) is 24.3 Å². The molecule has 2 fully saturated rings. The average Bonchev–Trinajstić information content (AvgIpc) is 3.71. The molecule has 3 nitrogen and oxygen atoms in total. The second-order valence-corrected chi connectivity index (χ2v) is 11.6. The molecule has 6 rings (SSSR count). The molecular formula is C28H31NO2S. The van der Waals surface area contributed by atoms with Crippen LogP contribution in [0.15, 0.2) is 29.3 Å². The normalized spacial score (nSPS) is 21.8. The van der Waals surface area contributed by atoms with Crippen LogP contribution in [0.4, 0.5) is 5.69 Å². The number of carbonyl (C=O) groups excluding carboxylic acids is 2. The van der Waals surface area contributed by atoms with E-state index in [-0.39, 0.29) is 5.92 Å². The minimum absolute atomic E-state index is 0.262. The van der Waals surface area contributed by atoms with Crippen molar-refractivity contribution >= 4 is 34.3 Å². The zero-order chi connectivity index (χ0) is 21.7. The van der Waals surface area contributed by atoms with Crippen molar-refractivity contribution in [3.63, 3.8) is 0 Å². The monoisotopic (exact) mass is 445 g/mol. The highest BCUT2D eigenvalue weighted by Gasteiger charge is 2.34. The maximum Gasteiger partial charge on any atom is 0.164 e. The Bertz CT molecular complexity index is 1100. The standard InChI is InChI=1S/C28H31NO2S/c30-24(11-7-17-5-6-17)28-22-14-18(13-21-15-20-3-1-2-4-23(20)29-21)8-12-26(22)32-27(28)16-25(31)19-9-10-19/h1-4,17-19H,5-16H2. The Morgan fingerprint density at radius 1 is 1.03 bits per heavy atom. The lowest BCUT2D eigenvalue weighted by Crippen LogP contribution is -2.19. The highest BCUT2D eigenvalue weighted by Crippen LogP contribution is 2.42. The fourth-order valence-corrected chi connectivity index (χ4v) is 6.94. The third-order valence-corrected chi connectivity index (χ3v) is 9.04. The number of para-hydroxylation sites is 1. The van der Waals surface area contributed by atoms with Crippen LogP contribution in [0.2, 0.25) is 0 Å². The minimum atomic E-state index is 0.262. The molecule has 166 valence electrons. The van der Waals surface area contributed by atoms with E-state index in [4.69, 9.17) is 4.99 Å². The number of rotatable bonds is 9. The predicted octanol–water partition coefficient (Wildman–Crippen LogP) is 6.47. The van der Waals surface area contributed by atoms with E-state index in [1.165, 1.54) is 34.6 Å². The molecule has 1 aromatic carbocycles. The first-order chi connectivity index (χ1) is 15.6. The quantitative estimate of drug-likeness (QED) is 0.416. The molecule has 1 atom stereocenters. The van der Waals surface area contributed by atoms with Gasteiger partial charge in [0.2, 0.25) is 0 Å². The Morgan fingerprint density at radius 3 is 2.66 bits per heavy atom. The van der Waals surface area contributed by atoms with Crippen LogP contribution in [0, 0.1) is 17.8 Å². The molecule has 1 unspecified atom stereocenters. The second-order valence-electron chi connectivity index (χ2n) is 10.4. The molecule has 3 aliphatic carbocycles. The Morgan fingerprint density at radius 2 is 1.88 bits per heavy atom. The van der Waals surface area contributed by atoms with Gasteiger partial charge in [0.1, 0.15) is 5.78 Å². The predicted molar refractivity (Wildman–Crippen MR) is 129 cm³/mol. The molecule has 4 heteroatoms. The van der Waals surface area contributed by atoms with Crippen molar-refractivity contribution in [2.24, 2.45) is 22.7 Å². The Hall–Kier alpha value is -2.07. The molecule has 0 radical (unpaired) electrons. The number of aryl methyl sites for hydroxylation is 1. The van der Waals surface area contributed by atoms with Crippen LogP contribution in [-0.4, -0.2) is 17.3 Å². The SMILES string of the molecule is O=C(CCC1CC1)c1c(CC(=O)C2CC2)sc2c1CC(CC1=Nc3ccccc3C1)CC2. The molecule has 2 heterocycles. The van der Waals surface area contributed by atoms with Gasteiger partial charge in [-0.1, -0.05) is 31.0 Å². The summed E-state index contributed by atoms with van der Waals surface area (Å²) in [5.74, 6) is 2.24. The summed E-state index contributed by atoms with van der Waals surface area (Å²) >= 11 is 1.78. The van der Waals surface area contributed by atoms with Crippen molar-refractivity contribution in [2.75, 3.05) is 0 Å². The number of nitrogens with zero attached hydrogens (tertiary/aromatic N) is 1. The Kier molecular flexibility index (Phi) is 5.37. The van der Waals surface area contributed by atoms with E-state index in [9.17, 15) is 9.59 Å². The van der Waals surface area contributed by atoms with E-state index >= 15 is 0 Å². The Balaban J connectivity index is 1.22. The lowest BCUT2D eigenvalue weighted by atomic mass is 9.81. The lowest BCUT2D eigenvalue weighted by molar-refractivity contribution is -0.119. The molecule has 2 aromatic rings. The molecule has 0 N–H and O–H groups in total. The zero-order valence-corrected chi connectivity index (χ0v) is 19.5. The van der Waals surface area contributed by atoms with Gasteiger partial charge in [0.25, 0.3) is 0 Å². The van der Waals surface area contributed by atoms with Crippen molar-refractivity contribution in [1.29, 1.82) is 0 Å². The van der Waals surface area contributed by atoms with E-state index in [1.807, 2.05) is 0 Å². The highest BCUT2D eigenvalue weighted by atomic mass is 32.1. The fourth-order valence-electron chi connectivity index (χ4n) is 5.56. The summed E-state index contributed by atoms with van der Waals surface area (Å²) in [7, 11) is 0. The van der Waals surface area contributed by atoms with Crippen molar-refractivity contribution in [2.45, 2.75) is 77.0 Å². The van der Waals surface area contributed by atoms with Crippen LogP contribution in [0.5, 0.6) is 0 Å². The molecule has 1 aliphatic heterocycles. The third kappa shape index (κ3) is 4.26. The molecule has 32 heavy (non-hydrogen) atoms. The average molecular weight is 446 g/mol. The van der Waals surface area contributed by atoms with Crippen molar-refractivity contribution in [3.8, 4) is 0 Å². The summed E-state index contributed by atoms with van der Waals surface area (Å²) in [5.41, 5.74) is 6.01. The molecule has 4 aliphatic rings. The number of hydrogen-bond donors (Lipinski definition) is 0. The molecule has 2 saturated carbocycles. The fraction of sp³-hybridized carbons (Fsp3) is 0.536. The van der Waals surface area contributed by atoms with Gasteiger partial charge < -0.3 is 0 Å². The molecule has 0 bridgehead atoms. The van der Waals surface area contributed by atoms with Crippen molar-refractivity contribution in [3.05, 3.63) is 50.7 Å². The molecule has 0 amide bonds. The van der Waals surface area contributed by atoms with Crippen LogP contribution in [0.25, 0.3) is 0 Å². The van der Waals surface area contributed by atoms with Gasteiger partial charge in [-0.2, -0.15) is 0 Å². The van der Waals surface area contributed by atoms with Crippen LogP contribution in [0.3, 0.4) is 0 Å². The largest absolute Gasteiger partial charge is 0.299 e. The number of aliphatic imine (C=N–C) groups is 1. The number of carbonyl (C=O) groups is 2. The topological polar surface area (TPSA) is 46.5 Å². The number of ketones is 2. The lowest BCUT2D eigenvalue weighted by Gasteiger charge is -2.23. The first-order valence-corrected chi connectivity index (χ1v) is 13.3. The summed E-state index contributed by atoms with van der Waals surface area (Å²) in [4.78, 5) is 33.3. The summed E-state index contributed by atoms with van der Waals surface area (Å²) < 4.78 is 0. The smallest absolute Gasteiger partial charge is 0.164 e. The first kappa shape index (κ1) is 20.5. The van der Waals surface area contributed by atoms with E-state index < -0.39 is 0 Å². The summed E-state index contributed by atoms with van der Waals surface area (Å²) in [6, 6.07) is 8.45. The number of Topliss-reactive ketones (excluding diaryl/α,β-unsaturated/α-hetero) is 2. The third-order valence-electron chi connectivity index (χ3n) is 7.75. The summed E-state index contributed by atoms with van der Waals surface area (Å²) in [6.45, 7) is 0. The number of benzene rings is 1. The van der Waals surface area contributed by atoms with Gasteiger partial charge in [-0.3, -0.25) is 14.6 Å². The van der Waals surface area contributed by atoms with Gasteiger partial charge in [0, 0.05) is 46.2 Å². The number of fused-ring (bicyclic) bond motifs is 2. The first-order valence-electron chi connectivity index (χ1n) is 12.5. The second kappa shape index (κ2) is 8.37. The molecule has 0 spiro atoms. The van der Waals surface area contributed by atoms with Crippen molar-refractivity contribution < 1.29 is 9.59 Å². The number of thiophene rings is 1. The molecular weight excluding hydrogens is 414 g/mol. The van der Waals surface area contributed by atoms with Gasteiger partial charge in [-0.15, -0.1) is 11.3 Å². The molecule has 0 saturated heterocycles. The van der Waals surface area contributed by atoms with Gasteiger partial charge >= 0.3 is 0 Å². The zero-order valence-electron chi connectivity index (χ0n) is 18.7. The van der Waals surface area contributed by atoms with Crippen LogP contribution >= 0.6 is 11.3 Å². The minimum Gasteiger partial charge on any atom is -0.299 e.